The molecule has 0 spiro atoms. The number of rotatable bonds is 13. The maximum atomic E-state index is 11.9. The molecule has 0 saturated heterocycles. The summed E-state index contributed by atoms with van der Waals surface area (Å²) in [6.45, 7) is 15.7. The molecule has 0 aromatic carbocycles. The van der Waals surface area contributed by atoms with E-state index in [2.05, 4.69) is 18.5 Å². The normalized spacial score (nSPS) is 13.0. The molecule has 0 aliphatic rings. The Morgan fingerprint density at radius 1 is 1.11 bits per heavy atom. The summed E-state index contributed by atoms with van der Waals surface area (Å²) in [6.07, 6.45) is 0. The van der Waals surface area contributed by atoms with Gasteiger partial charge in [-0.25, -0.2) is 9.59 Å². The summed E-state index contributed by atoms with van der Waals surface area (Å²) >= 11 is 1.30. The van der Waals surface area contributed by atoms with Gasteiger partial charge >= 0.3 is 17.9 Å². The van der Waals surface area contributed by atoms with Gasteiger partial charge in [0.05, 0.1) is 5.92 Å². The molecule has 2 unspecified atom stereocenters. The van der Waals surface area contributed by atoms with Gasteiger partial charge < -0.3 is 24.6 Å². The van der Waals surface area contributed by atoms with Crippen LogP contribution in [0.3, 0.4) is 0 Å². The number of aliphatic carboxylic acids is 1. The second-order valence-electron chi connectivity index (χ2n) is 7.20. The second-order valence-corrected chi connectivity index (χ2v) is 8.27. The van der Waals surface area contributed by atoms with E-state index in [0.717, 1.165) is 0 Å². The molecule has 2 atom stereocenters. The minimum Gasteiger partial charge on any atom is -0.480 e. The zero-order valence-corrected chi connectivity index (χ0v) is 18.0. The van der Waals surface area contributed by atoms with E-state index in [0.29, 0.717) is 5.75 Å². The molecule has 0 aromatic heterocycles. The topological polar surface area (TPSA) is 111 Å². The third-order valence-corrected chi connectivity index (χ3v) is 4.33. The molecular weight excluding hydrogens is 386 g/mol. The molecule has 0 heterocycles. The van der Waals surface area contributed by atoms with E-state index in [1.165, 1.54) is 18.7 Å². The summed E-state index contributed by atoms with van der Waals surface area (Å²) in [4.78, 5) is 34.5. The van der Waals surface area contributed by atoms with Crippen LogP contribution in [0.2, 0.25) is 0 Å². The minimum atomic E-state index is -1.04. The molecular formula is C19H31NO7S. The number of esters is 2. The molecule has 2 N–H and O–H groups in total. The summed E-state index contributed by atoms with van der Waals surface area (Å²) in [5, 5.41) is 12.0. The molecule has 0 fully saturated rings. The van der Waals surface area contributed by atoms with E-state index in [1.807, 2.05) is 20.8 Å². The van der Waals surface area contributed by atoms with E-state index < -0.39 is 35.5 Å². The van der Waals surface area contributed by atoms with Crippen LogP contribution in [0.5, 0.6) is 0 Å². The third kappa shape index (κ3) is 12.3. The van der Waals surface area contributed by atoms with Gasteiger partial charge in [0.1, 0.15) is 24.9 Å². The first kappa shape index (κ1) is 25.8. The number of ether oxygens (including phenoxy) is 3. The van der Waals surface area contributed by atoms with E-state index >= 15 is 0 Å². The van der Waals surface area contributed by atoms with Gasteiger partial charge in [0.2, 0.25) is 0 Å². The van der Waals surface area contributed by atoms with Crippen molar-refractivity contribution in [3.63, 3.8) is 0 Å². The van der Waals surface area contributed by atoms with Crippen molar-refractivity contribution >= 4 is 29.7 Å². The number of carbonyl (C=O) groups excluding carboxylic acids is 2. The average molecular weight is 418 g/mol. The molecule has 28 heavy (non-hydrogen) atoms. The highest BCUT2D eigenvalue weighted by Crippen LogP contribution is 2.14. The van der Waals surface area contributed by atoms with E-state index in [1.54, 1.807) is 6.92 Å². The Balaban J connectivity index is 4.22. The number of hydrogen-bond acceptors (Lipinski definition) is 8. The fourth-order valence-corrected chi connectivity index (χ4v) is 2.83. The molecule has 9 heteroatoms. The monoisotopic (exact) mass is 417 g/mol. The van der Waals surface area contributed by atoms with Gasteiger partial charge in [-0.15, -0.1) is 0 Å². The van der Waals surface area contributed by atoms with Crippen molar-refractivity contribution in [3.05, 3.63) is 24.6 Å². The number of carboxylic acid groups (broad SMARTS) is 1. The molecule has 0 aromatic rings. The zero-order valence-electron chi connectivity index (χ0n) is 17.2. The van der Waals surface area contributed by atoms with Gasteiger partial charge in [0, 0.05) is 17.1 Å². The van der Waals surface area contributed by atoms with Crippen LogP contribution >= 0.6 is 11.8 Å². The van der Waals surface area contributed by atoms with E-state index in [-0.39, 0.29) is 30.4 Å². The predicted octanol–water partition coefficient (Wildman–Crippen LogP) is 2.35. The molecule has 0 rings (SSSR count). The zero-order chi connectivity index (χ0) is 21.9. The Labute approximate surface area is 170 Å². The maximum Gasteiger partial charge on any atom is 0.333 e. The Bertz CT molecular complexity index is 583. The Morgan fingerprint density at radius 2 is 1.68 bits per heavy atom. The summed E-state index contributed by atoms with van der Waals surface area (Å²) in [5.41, 5.74) is -0.217. The van der Waals surface area contributed by atoms with Crippen LogP contribution in [-0.4, -0.2) is 59.4 Å². The molecule has 0 aliphatic heterocycles. The lowest BCUT2D eigenvalue weighted by molar-refractivity contribution is -0.152. The Hall–Kier alpha value is -2.16. The molecule has 0 saturated carbocycles. The van der Waals surface area contributed by atoms with Gasteiger partial charge in [-0.1, -0.05) is 13.5 Å². The van der Waals surface area contributed by atoms with Crippen LogP contribution in [0.25, 0.3) is 0 Å². The first-order valence-electron chi connectivity index (χ1n) is 8.77. The lowest BCUT2D eigenvalue weighted by Crippen LogP contribution is -2.40. The molecule has 160 valence electrons. The molecule has 0 bridgehead atoms. The minimum absolute atomic E-state index is 0.0435. The molecule has 8 nitrogen and oxygen atoms in total. The summed E-state index contributed by atoms with van der Waals surface area (Å²) in [5.74, 6) is -1.69. The van der Waals surface area contributed by atoms with Gasteiger partial charge in [-0.3, -0.25) is 4.79 Å². The van der Waals surface area contributed by atoms with Crippen molar-refractivity contribution in [1.29, 1.82) is 0 Å². The van der Waals surface area contributed by atoms with E-state index in [9.17, 15) is 19.5 Å². The van der Waals surface area contributed by atoms with Crippen molar-refractivity contribution in [2.45, 2.75) is 46.3 Å². The van der Waals surface area contributed by atoms with Crippen molar-refractivity contribution in [1.82, 2.24) is 5.32 Å². The lowest BCUT2D eigenvalue weighted by atomic mass is 10.2. The number of hydrogen-bond donors (Lipinski definition) is 2. The van der Waals surface area contributed by atoms with Crippen LogP contribution in [0.15, 0.2) is 24.6 Å². The van der Waals surface area contributed by atoms with Crippen molar-refractivity contribution < 1.29 is 33.7 Å². The van der Waals surface area contributed by atoms with Crippen molar-refractivity contribution in [2.75, 3.05) is 24.7 Å². The van der Waals surface area contributed by atoms with E-state index in [4.69, 9.17) is 14.2 Å². The van der Waals surface area contributed by atoms with Crippen LogP contribution in [0, 0.1) is 5.92 Å². The molecule has 0 amide bonds. The lowest BCUT2D eigenvalue weighted by Gasteiger charge is -2.25. The number of carboxylic acids is 1. The van der Waals surface area contributed by atoms with Crippen molar-refractivity contribution in [3.8, 4) is 0 Å². The van der Waals surface area contributed by atoms with Crippen LogP contribution < -0.4 is 5.32 Å². The number of thioether (sulfide) groups is 1. The first-order valence-corrected chi connectivity index (χ1v) is 9.93. The summed E-state index contributed by atoms with van der Waals surface area (Å²) in [7, 11) is 0. The summed E-state index contributed by atoms with van der Waals surface area (Å²) in [6, 6.07) is -0.898. The Morgan fingerprint density at radius 3 is 2.18 bits per heavy atom. The highest BCUT2D eigenvalue weighted by molar-refractivity contribution is 7.99. The average Bonchev–Trinajstić information content (AvgIpc) is 2.55. The maximum absolute atomic E-state index is 11.9. The molecule has 0 radical (unpaired) electrons. The van der Waals surface area contributed by atoms with Crippen LogP contribution in [0.4, 0.5) is 0 Å². The fourth-order valence-electron chi connectivity index (χ4n) is 1.74. The Kier molecular flexibility index (Phi) is 11.4. The predicted molar refractivity (Wildman–Crippen MR) is 108 cm³/mol. The smallest absolute Gasteiger partial charge is 0.333 e. The van der Waals surface area contributed by atoms with Gasteiger partial charge in [-0.2, -0.15) is 11.8 Å². The van der Waals surface area contributed by atoms with Gasteiger partial charge in [-0.05, 0) is 34.3 Å². The third-order valence-electron chi connectivity index (χ3n) is 3.03. The largest absolute Gasteiger partial charge is 0.480 e. The highest BCUT2D eigenvalue weighted by atomic mass is 32.2. The highest BCUT2D eigenvalue weighted by Gasteiger charge is 2.22. The fraction of sp³-hybridized carbons (Fsp3) is 0.632. The SMILES string of the molecule is C=C(NC(CSCC(C)C(=O)OCCOC(=O)C(=C)C)C(=O)O)OC(C)(C)C. The van der Waals surface area contributed by atoms with Gasteiger partial charge in [0.15, 0.2) is 5.88 Å². The van der Waals surface area contributed by atoms with Crippen LogP contribution in [-0.2, 0) is 28.6 Å². The first-order chi connectivity index (χ1) is 12.8. The van der Waals surface area contributed by atoms with Gasteiger partial charge in [0.25, 0.3) is 0 Å². The summed E-state index contributed by atoms with van der Waals surface area (Å²) < 4.78 is 15.3. The number of nitrogens with one attached hydrogen (secondary N) is 1. The van der Waals surface area contributed by atoms with Crippen molar-refractivity contribution in [2.24, 2.45) is 5.92 Å². The van der Waals surface area contributed by atoms with Crippen LogP contribution in [0.1, 0.15) is 34.6 Å². The number of carbonyl (C=O) groups is 3. The standard InChI is InChI=1S/C19H31NO7S/c1-12(2)17(23)25-8-9-26-18(24)13(3)10-28-11-15(16(21)22)20-14(4)27-19(5,6)7/h13,15,20H,1,4,8-11H2,2-3,5-7H3,(H,21,22). The molecule has 0 aliphatic carbocycles. The quantitative estimate of drug-likeness (QED) is 0.202. The second kappa shape index (κ2) is 12.3.